The molecule has 5 heteroatoms. The van der Waals surface area contributed by atoms with Crippen LogP contribution in [-0.2, 0) is 6.61 Å². The van der Waals surface area contributed by atoms with Gasteiger partial charge in [0, 0.05) is 6.20 Å². The molecule has 0 spiro atoms. The first kappa shape index (κ1) is 11.4. The molecule has 2 aromatic heterocycles. The van der Waals surface area contributed by atoms with E-state index in [0.717, 1.165) is 17.0 Å². The number of pyridine rings is 1. The lowest BCUT2D eigenvalue weighted by atomic mass is 10.2. The van der Waals surface area contributed by atoms with Crippen LogP contribution < -0.4 is 4.74 Å². The van der Waals surface area contributed by atoms with Gasteiger partial charge in [-0.25, -0.2) is 4.98 Å². The average molecular weight is 252 g/mol. The van der Waals surface area contributed by atoms with E-state index in [4.69, 9.17) is 4.74 Å². The standard InChI is InChI=1S/C14H12N4O/c1-2-7-13(12(6-1)14-16-10-17-18-14)19-9-11-5-3-4-8-15-11/h1-8,10H,9H2,(H,16,17,18). The van der Waals surface area contributed by atoms with E-state index in [1.807, 2.05) is 42.5 Å². The van der Waals surface area contributed by atoms with Gasteiger partial charge < -0.3 is 4.74 Å². The van der Waals surface area contributed by atoms with Crippen molar-refractivity contribution in [3.63, 3.8) is 0 Å². The van der Waals surface area contributed by atoms with Crippen LogP contribution in [0.15, 0.2) is 55.0 Å². The molecule has 0 bridgehead atoms. The van der Waals surface area contributed by atoms with Crippen molar-refractivity contribution >= 4 is 0 Å². The van der Waals surface area contributed by atoms with Crippen molar-refractivity contribution < 1.29 is 4.74 Å². The van der Waals surface area contributed by atoms with Crippen LogP contribution in [0, 0.1) is 0 Å². The van der Waals surface area contributed by atoms with Gasteiger partial charge in [-0.1, -0.05) is 18.2 Å². The molecule has 0 fully saturated rings. The van der Waals surface area contributed by atoms with E-state index in [0.29, 0.717) is 12.4 Å². The van der Waals surface area contributed by atoms with E-state index in [1.165, 1.54) is 6.33 Å². The van der Waals surface area contributed by atoms with Crippen LogP contribution in [0.5, 0.6) is 5.75 Å². The molecule has 0 saturated carbocycles. The zero-order valence-electron chi connectivity index (χ0n) is 10.2. The highest BCUT2D eigenvalue weighted by atomic mass is 16.5. The van der Waals surface area contributed by atoms with E-state index < -0.39 is 0 Å². The minimum atomic E-state index is 0.423. The maximum absolute atomic E-state index is 5.80. The Bertz CT molecular complexity index is 638. The molecule has 0 aliphatic rings. The predicted molar refractivity (Wildman–Crippen MR) is 70.4 cm³/mol. The molecule has 0 atom stereocenters. The number of rotatable bonds is 4. The fourth-order valence-electron chi connectivity index (χ4n) is 1.76. The molecule has 3 aromatic rings. The Morgan fingerprint density at radius 3 is 2.68 bits per heavy atom. The maximum atomic E-state index is 5.80. The Kier molecular flexibility index (Phi) is 3.18. The Balaban J connectivity index is 1.82. The van der Waals surface area contributed by atoms with Crippen molar-refractivity contribution in [2.45, 2.75) is 6.61 Å². The number of hydrogen-bond donors (Lipinski definition) is 1. The van der Waals surface area contributed by atoms with Crippen LogP contribution in [0.4, 0.5) is 0 Å². The number of ether oxygens (including phenoxy) is 1. The Morgan fingerprint density at radius 1 is 1.00 bits per heavy atom. The summed E-state index contributed by atoms with van der Waals surface area (Å²) in [6, 6.07) is 13.4. The molecule has 5 nitrogen and oxygen atoms in total. The number of aromatic nitrogens is 4. The van der Waals surface area contributed by atoms with Gasteiger partial charge in [-0.3, -0.25) is 10.1 Å². The van der Waals surface area contributed by atoms with Gasteiger partial charge in [0.25, 0.3) is 0 Å². The Labute approximate surface area is 110 Å². The summed E-state index contributed by atoms with van der Waals surface area (Å²) in [7, 11) is 0. The second-order valence-electron chi connectivity index (χ2n) is 3.94. The normalized spacial score (nSPS) is 10.3. The molecule has 0 unspecified atom stereocenters. The van der Waals surface area contributed by atoms with Crippen LogP contribution in [0.1, 0.15) is 5.69 Å². The van der Waals surface area contributed by atoms with E-state index in [-0.39, 0.29) is 0 Å². The molecule has 2 heterocycles. The van der Waals surface area contributed by atoms with Crippen molar-refractivity contribution in [3.05, 3.63) is 60.7 Å². The summed E-state index contributed by atoms with van der Waals surface area (Å²) in [4.78, 5) is 8.37. The number of benzene rings is 1. The van der Waals surface area contributed by atoms with Gasteiger partial charge in [0.05, 0.1) is 11.3 Å². The van der Waals surface area contributed by atoms with Gasteiger partial charge in [0.2, 0.25) is 0 Å². The number of hydrogen-bond acceptors (Lipinski definition) is 4. The zero-order chi connectivity index (χ0) is 12.9. The molecular weight excluding hydrogens is 240 g/mol. The molecule has 1 N–H and O–H groups in total. The first-order chi connectivity index (χ1) is 9.43. The molecule has 0 aliphatic carbocycles. The van der Waals surface area contributed by atoms with Gasteiger partial charge in [0.1, 0.15) is 18.7 Å². The quantitative estimate of drug-likeness (QED) is 0.774. The van der Waals surface area contributed by atoms with E-state index >= 15 is 0 Å². The first-order valence-corrected chi connectivity index (χ1v) is 5.91. The Morgan fingerprint density at radius 2 is 1.89 bits per heavy atom. The maximum Gasteiger partial charge on any atom is 0.159 e. The summed E-state index contributed by atoms with van der Waals surface area (Å²) in [6.07, 6.45) is 3.23. The number of para-hydroxylation sites is 1. The summed E-state index contributed by atoms with van der Waals surface area (Å²) in [5.74, 6) is 1.45. The number of nitrogens with one attached hydrogen (secondary N) is 1. The van der Waals surface area contributed by atoms with Crippen molar-refractivity contribution in [1.82, 2.24) is 20.2 Å². The summed E-state index contributed by atoms with van der Waals surface area (Å²) in [5.41, 5.74) is 1.77. The lowest BCUT2D eigenvalue weighted by molar-refractivity contribution is 0.302. The molecule has 0 radical (unpaired) electrons. The van der Waals surface area contributed by atoms with Gasteiger partial charge >= 0.3 is 0 Å². The SMILES string of the molecule is c1ccc(COc2ccccc2-c2ncn[nH]2)nc1. The molecule has 1 aromatic carbocycles. The molecule has 94 valence electrons. The van der Waals surface area contributed by atoms with Crippen molar-refractivity contribution in [1.29, 1.82) is 0 Å². The summed E-state index contributed by atoms with van der Waals surface area (Å²) >= 11 is 0. The molecular formula is C14H12N4O. The minimum Gasteiger partial charge on any atom is -0.487 e. The smallest absolute Gasteiger partial charge is 0.159 e. The number of H-pyrrole nitrogens is 1. The lowest BCUT2D eigenvalue weighted by Gasteiger charge is -2.09. The number of nitrogens with zero attached hydrogens (tertiary/aromatic N) is 3. The van der Waals surface area contributed by atoms with Crippen LogP contribution in [0.2, 0.25) is 0 Å². The topological polar surface area (TPSA) is 63.7 Å². The molecule has 0 aliphatic heterocycles. The molecule has 3 rings (SSSR count). The third-order valence-electron chi connectivity index (χ3n) is 2.66. The van der Waals surface area contributed by atoms with Crippen molar-refractivity contribution in [2.24, 2.45) is 0 Å². The average Bonchev–Trinajstić information content (AvgIpc) is 3.01. The molecule has 0 saturated heterocycles. The van der Waals surface area contributed by atoms with Crippen LogP contribution in [0.3, 0.4) is 0 Å². The monoisotopic (exact) mass is 252 g/mol. The fourth-order valence-corrected chi connectivity index (χ4v) is 1.76. The highest BCUT2D eigenvalue weighted by molar-refractivity contribution is 5.63. The minimum absolute atomic E-state index is 0.423. The van der Waals surface area contributed by atoms with E-state index in [2.05, 4.69) is 20.2 Å². The third kappa shape index (κ3) is 2.60. The predicted octanol–water partition coefficient (Wildman–Crippen LogP) is 2.45. The van der Waals surface area contributed by atoms with Gasteiger partial charge in [0.15, 0.2) is 5.82 Å². The zero-order valence-corrected chi connectivity index (χ0v) is 10.2. The van der Waals surface area contributed by atoms with Crippen LogP contribution in [0.25, 0.3) is 11.4 Å². The summed E-state index contributed by atoms with van der Waals surface area (Å²) in [6.45, 7) is 0.423. The highest BCUT2D eigenvalue weighted by Gasteiger charge is 2.08. The van der Waals surface area contributed by atoms with Crippen LogP contribution in [-0.4, -0.2) is 20.2 Å². The lowest BCUT2D eigenvalue weighted by Crippen LogP contribution is -1.99. The third-order valence-corrected chi connectivity index (χ3v) is 2.66. The fraction of sp³-hybridized carbons (Fsp3) is 0.0714. The molecule has 0 amide bonds. The Hall–Kier alpha value is -2.69. The van der Waals surface area contributed by atoms with E-state index in [9.17, 15) is 0 Å². The first-order valence-electron chi connectivity index (χ1n) is 5.91. The van der Waals surface area contributed by atoms with Gasteiger partial charge in [-0.2, -0.15) is 5.10 Å². The molecule has 19 heavy (non-hydrogen) atoms. The largest absolute Gasteiger partial charge is 0.487 e. The highest BCUT2D eigenvalue weighted by Crippen LogP contribution is 2.27. The summed E-state index contributed by atoms with van der Waals surface area (Å²) < 4.78 is 5.80. The number of aromatic amines is 1. The van der Waals surface area contributed by atoms with Gasteiger partial charge in [-0.15, -0.1) is 0 Å². The van der Waals surface area contributed by atoms with Crippen molar-refractivity contribution in [2.75, 3.05) is 0 Å². The van der Waals surface area contributed by atoms with E-state index in [1.54, 1.807) is 6.20 Å². The van der Waals surface area contributed by atoms with Gasteiger partial charge in [-0.05, 0) is 24.3 Å². The summed E-state index contributed by atoms with van der Waals surface area (Å²) in [5, 5.41) is 6.69. The second kappa shape index (κ2) is 5.30. The van der Waals surface area contributed by atoms with Crippen LogP contribution >= 0.6 is 0 Å². The van der Waals surface area contributed by atoms with Crippen molar-refractivity contribution in [3.8, 4) is 17.1 Å². The second-order valence-corrected chi connectivity index (χ2v) is 3.94.